The highest BCUT2D eigenvalue weighted by Crippen LogP contribution is 2.39. The predicted octanol–water partition coefficient (Wildman–Crippen LogP) is 6.62. The lowest BCUT2D eigenvalue weighted by Crippen LogP contribution is -2.21. The highest BCUT2D eigenvalue weighted by molar-refractivity contribution is 5.42. The van der Waals surface area contributed by atoms with Crippen molar-refractivity contribution in [2.45, 2.75) is 57.7 Å². The average Bonchev–Trinajstić information content (AvgIpc) is 2.62. The molecular formula is C21H20F6O. The first-order valence-electron chi connectivity index (χ1n) is 9.23. The molecule has 0 aliphatic heterocycles. The predicted molar refractivity (Wildman–Crippen MR) is 92.8 cm³/mol. The number of unbranched alkanes of at least 4 members (excludes halogenated alkanes) is 1. The minimum Gasteiger partial charge on any atom is -0.399 e. The second kappa shape index (κ2) is 8.05. The second-order valence-corrected chi connectivity index (χ2v) is 7.09. The Morgan fingerprint density at radius 3 is 2.46 bits per heavy atom. The third-order valence-electron chi connectivity index (χ3n) is 5.12. The monoisotopic (exact) mass is 402 g/mol. The number of benzene rings is 2. The molecule has 0 N–H and O–H groups in total. The van der Waals surface area contributed by atoms with Gasteiger partial charge in [0, 0.05) is 0 Å². The molecule has 1 aliphatic carbocycles. The van der Waals surface area contributed by atoms with E-state index in [1.165, 1.54) is 6.07 Å². The van der Waals surface area contributed by atoms with Crippen LogP contribution in [0.5, 0.6) is 5.75 Å². The Kier molecular flexibility index (Phi) is 5.91. The summed E-state index contributed by atoms with van der Waals surface area (Å²) < 4.78 is 83.6. The number of halogens is 6. The van der Waals surface area contributed by atoms with Gasteiger partial charge >= 0.3 is 6.36 Å². The summed E-state index contributed by atoms with van der Waals surface area (Å²) >= 11 is 0. The number of hydrogen-bond acceptors (Lipinski definition) is 1. The Hall–Kier alpha value is -2.18. The Morgan fingerprint density at radius 2 is 1.82 bits per heavy atom. The van der Waals surface area contributed by atoms with Gasteiger partial charge in [0.15, 0.2) is 11.6 Å². The van der Waals surface area contributed by atoms with Crippen molar-refractivity contribution in [2.24, 2.45) is 0 Å². The van der Waals surface area contributed by atoms with Crippen LogP contribution in [0.15, 0.2) is 24.3 Å². The quantitative estimate of drug-likeness (QED) is 0.511. The summed E-state index contributed by atoms with van der Waals surface area (Å²) in [4.78, 5) is 0. The number of aryl methyl sites for hydroxylation is 1. The zero-order valence-electron chi connectivity index (χ0n) is 15.3. The molecule has 0 amide bonds. The normalized spacial score (nSPS) is 16.8. The first kappa shape index (κ1) is 20.6. The van der Waals surface area contributed by atoms with E-state index in [1.54, 1.807) is 6.07 Å². The van der Waals surface area contributed by atoms with Gasteiger partial charge in [0.2, 0.25) is 5.75 Å². The van der Waals surface area contributed by atoms with Crippen molar-refractivity contribution < 1.29 is 31.1 Å². The highest BCUT2D eigenvalue weighted by Gasteiger charge is 2.36. The smallest absolute Gasteiger partial charge is 0.399 e. The fourth-order valence-corrected chi connectivity index (χ4v) is 3.74. The van der Waals surface area contributed by atoms with E-state index in [-0.39, 0.29) is 35.7 Å². The van der Waals surface area contributed by atoms with Crippen molar-refractivity contribution in [1.82, 2.24) is 0 Å². The Labute approximate surface area is 159 Å². The fourth-order valence-electron chi connectivity index (χ4n) is 3.74. The molecule has 1 atom stereocenters. The molecule has 152 valence electrons. The zero-order chi connectivity index (χ0) is 20.5. The van der Waals surface area contributed by atoms with Crippen molar-refractivity contribution in [1.29, 1.82) is 0 Å². The molecule has 0 fully saturated rings. The molecule has 1 unspecified atom stereocenters. The lowest BCUT2D eigenvalue weighted by molar-refractivity contribution is -0.276. The molecule has 7 heteroatoms. The van der Waals surface area contributed by atoms with Crippen molar-refractivity contribution in [3.8, 4) is 5.75 Å². The molecule has 2 aromatic rings. The van der Waals surface area contributed by atoms with E-state index in [0.29, 0.717) is 12.0 Å². The van der Waals surface area contributed by atoms with Crippen LogP contribution in [0.3, 0.4) is 0 Å². The molecule has 28 heavy (non-hydrogen) atoms. The second-order valence-electron chi connectivity index (χ2n) is 7.09. The van der Waals surface area contributed by atoms with Crippen LogP contribution in [0.1, 0.15) is 54.4 Å². The third kappa shape index (κ3) is 4.45. The first-order chi connectivity index (χ1) is 13.2. The lowest BCUT2D eigenvalue weighted by Gasteiger charge is -2.27. The zero-order valence-corrected chi connectivity index (χ0v) is 15.3. The van der Waals surface area contributed by atoms with Gasteiger partial charge in [0.1, 0.15) is 5.82 Å². The molecule has 0 saturated heterocycles. The first-order valence-corrected chi connectivity index (χ1v) is 9.23. The van der Waals surface area contributed by atoms with Gasteiger partial charge in [0.05, 0.1) is 0 Å². The Morgan fingerprint density at radius 1 is 1.07 bits per heavy atom. The Bertz CT molecular complexity index is 859. The van der Waals surface area contributed by atoms with E-state index >= 15 is 0 Å². The average molecular weight is 402 g/mol. The van der Waals surface area contributed by atoms with Gasteiger partial charge < -0.3 is 4.74 Å². The minimum absolute atomic E-state index is 0.00289. The van der Waals surface area contributed by atoms with Crippen molar-refractivity contribution in [3.05, 3.63) is 64.0 Å². The van der Waals surface area contributed by atoms with E-state index in [2.05, 4.69) is 4.74 Å². The van der Waals surface area contributed by atoms with E-state index in [0.717, 1.165) is 30.9 Å². The number of alkyl halides is 3. The largest absolute Gasteiger partial charge is 0.573 e. The van der Waals surface area contributed by atoms with Crippen LogP contribution in [-0.2, 0) is 19.3 Å². The molecule has 0 saturated carbocycles. The summed E-state index contributed by atoms with van der Waals surface area (Å²) in [5, 5.41) is 0. The maximum Gasteiger partial charge on any atom is 0.573 e. The molecule has 1 aliphatic rings. The molecule has 2 aromatic carbocycles. The van der Waals surface area contributed by atoms with Crippen LogP contribution >= 0.6 is 0 Å². The van der Waals surface area contributed by atoms with E-state index in [9.17, 15) is 26.3 Å². The number of fused-ring (bicyclic) bond motifs is 1. The van der Waals surface area contributed by atoms with Crippen LogP contribution in [0.25, 0.3) is 0 Å². The van der Waals surface area contributed by atoms with Crippen LogP contribution in [0, 0.1) is 17.5 Å². The van der Waals surface area contributed by atoms with Crippen LogP contribution < -0.4 is 4.74 Å². The number of hydrogen-bond donors (Lipinski definition) is 0. The van der Waals surface area contributed by atoms with Crippen LogP contribution in [0.4, 0.5) is 26.3 Å². The molecule has 0 heterocycles. The Balaban J connectivity index is 1.85. The van der Waals surface area contributed by atoms with Crippen LogP contribution in [0.2, 0.25) is 0 Å². The maximum atomic E-state index is 14.6. The van der Waals surface area contributed by atoms with Crippen molar-refractivity contribution >= 4 is 0 Å². The van der Waals surface area contributed by atoms with Crippen LogP contribution in [-0.4, -0.2) is 6.36 Å². The lowest BCUT2D eigenvalue weighted by atomic mass is 9.79. The van der Waals surface area contributed by atoms with Gasteiger partial charge in [-0.3, -0.25) is 0 Å². The van der Waals surface area contributed by atoms with E-state index in [1.807, 2.05) is 13.0 Å². The van der Waals surface area contributed by atoms with Gasteiger partial charge in [-0.15, -0.1) is 13.2 Å². The van der Waals surface area contributed by atoms with Gasteiger partial charge in [0.25, 0.3) is 0 Å². The minimum atomic E-state index is -5.18. The van der Waals surface area contributed by atoms with E-state index in [4.69, 9.17) is 0 Å². The summed E-state index contributed by atoms with van der Waals surface area (Å²) in [5.41, 5.74) is 1.60. The highest BCUT2D eigenvalue weighted by atomic mass is 19.4. The number of ether oxygens (including phenoxy) is 1. The topological polar surface area (TPSA) is 9.23 Å². The maximum absolute atomic E-state index is 14.6. The molecule has 0 bridgehead atoms. The van der Waals surface area contributed by atoms with Crippen molar-refractivity contribution in [2.75, 3.05) is 0 Å². The molecular weight excluding hydrogens is 382 g/mol. The summed E-state index contributed by atoms with van der Waals surface area (Å²) in [5.74, 6) is -4.83. The summed E-state index contributed by atoms with van der Waals surface area (Å²) in [6.07, 6.45) is -1.86. The summed E-state index contributed by atoms with van der Waals surface area (Å²) in [7, 11) is 0. The number of rotatable bonds is 5. The fraction of sp³-hybridized carbons (Fsp3) is 0.429. The molecule has 1 nitrogen and oxygen atoms in total. The SMILES string of the molecule is CCCCc1ccc(C2CCc3c(cc(F)c(OC(F)(F)F)c3F)C2)c(F)c1. The van der Waals surface area contributed by atoms with Gasteiger partial charge in [-0.2, -0.15) is 0 Å². The standard InChI is InChI=1S/C21H20F6O/c1-2-3-4-12-5-7-15(17(22)9-12)13-6-8-16-14(10-13)11-18(23)20(19(16)24)28-21(25,26)27/h5,7,9,11,13H,2-4,6,8,10H2,1H3. The van der Waals surface area contributed by atoms with Gasteiger partial charge in [-0.25, -0.2) is 13.2 Å². The summed E-state index contributed by atoms with van der Waals surface area (Å²) in [6, 6.07) is 5.90. The van der Waals surface area contributed by atoms with Gasteiger partial charge in [-0.1, -0.05) is 25.5 Å². The molecule has 3 rings (SSSR count). The molecule has 0 aromatic heterocycles. The third-order valence-corrected chi connectivity index (χ3v) is 5.12. The summed E-state index contributed by atoms with van der Waals surface area (Å²) in [6.45, 7) is 2.05. The van der Waals surface area contributed by atoms with Gasteiger partial charge in [-0.05, 0) is 72.4 Å². The van der Waals surface area contributed by atoms with E-state index < -0.39 is 23.7 Å². The van der Waals surface area contributed by atoms with Crippen molar-refractivity contribution in [3.63, 3.8) is 0 Å². The molecule has 0 radical (unpaired) electrons. The molecule has 0 spiro atoms.